The minimum atomic E-state index is -0.658. The van der Waals surface area contributed by atoms with Gasteiger partial charge >= 0.3 is 12.1 Å². The molecule has 0 aliphatic carbocycles. The van der Waals surface area contributed by atoms with E-state index in [1.54, 1.807) is 18.2 Å². The van der Waals surface area contributed by atoms with E-state index >= 15 is 0 Å². The van der Waals surface area contributed by atoms with Crippen LogP contribution in [0.2, 0.25) is 10.0 Å². The number of carbonyl (C=O) groups is 2. The first-order valence-corrected chi connectivity index (χ1v) is 6.99. The lowest BCUT2D eigenvalue weighted by Crippen LogP contribution is -2.40. The molecule has 1 aliphatic heterocycles. The van der Waals surface area contributed by atoms with Crippen molar-refractivity contribution in [3.05, 3.63) is 33.8 Å². The first-order chi connectivity index (χ1) is 9.52. The van der Waals surface area contributed by atoms with Crippen LogP contribution >= 0.6 is 23.2 Å². The van der Waals surface area contributed by atoms with Crippen LogP contribution in [0.1, 0.15) is 25.0 Å². The molecule has 1 saturated heterocycles. The van der Waals surface area contributed by atoms with Gasteiger partial charge in [0, 0.05) is 6.54 Å². The van der Waals surface area contributed by atoms with Crippen LogP contribution in [0.3, 0.4) is 0 Å². The van der Waals surface area contributed by atoms with Gasteiger partial charge < -0.3 is 10.1 Å². The van der Waals surface area contributed by atoms with Crippen molar-refractivity contribution in [3.63, 3.8) is 0 Å². The maximum Gasteiger partial charge on any atom is 0.418 e. The molecule has 0 spiro atoms. The SMILES string of the molecule is CCCNC(=O)N1CC(c2ccc(Cl)c(Cl)c2)OC1=O. The largest absolute Gasteiger partial charge is 0.439 e. The van der Waals surface area contributed by atoms with Crippen LogP contribution in [-0.4, -0.2) is 30.1 Å². The third kappa shape index (κ3) is 3.16. The molecule has 1 heterocycles. The first kappa shape index (κ1) is 14.9. The van der Waals surface area contributed by atoms with Crippen LogP contribution in [0.5, 0.6) is 0 Å². The Hall–Kier alpha value is -1.46. The number of urea groups is 1. The van der Waals surface area contributed by atoms with Gasteiger partial charge in [-0.2, -0.15) is 0 Å². The van der Waals surface area contributed by atoms with E-state index < -0.39 is 18.2 Å². The van der Waals surface area contributed by atoms with Crippen LogP contribution in [0.4, 0.5) is 9.59 Å². The monoisotopic (exact) mass is 316 g/mol. The average molecular weight is 317 g/mol. The fourth-order valence-corrected chi connectivity index (χ4v) is 2.15. The van der Waals surface area contributed by atoms with E-state index in [0.29, 0.717) is 22.2 Å². The number of cyclic esters (lactones) is 1. The Labute approximate surface area is 126 Å². The zero-order valence-corrected chi connectivity index (χ0v) is 12.4. The predicted octanol–water partition coefficient (Wildman–Crippen LogP) is 3.61. The third-order valence-corrected chi connectivity index (χ3v) is 3.64. The molecular weight excluding hydrogens is 303 g/mol. The molecule has 1 aromatic carbocycles. The number of carbonyl (C=O) groups excluding carboxylic acids is 2. The number of ether oxygens (including phenoxy) is 1. The summed E-state index contributed by atoms with van der Waals surface area (Å²) < 4.78 is 5.18. The van der Waals surface area contributed by atoms with Gasteiger partial charge in [-0.15, -0.1) is 0 Å². The summed E-state index contributed by atoms with van der Waals surface area (Å²) in [6.45, 7) is 2.60. The summed E-state index contributed by atoms with van der Waals surface area (Å²) in [5.74, 6) is 0. The molecule has 1 aliphatic rings. The molecular formula is C13H14Cl2N2O3. The quantitative estimate of drug-likeness (QED) is 0.926. The standard InChI is InChI=1S/C13H14Cl2N2O3/c1-2-5-16-12(18)17-7-11(20-13(17)19)8-3-4-9(14)10(15)6-8/h3-4,6,11H,2,5,7H2,1H3,(H,16,18). The second-order valence-electron chi connectivity index (χ2n) is 4.39. The van der Waals surface area contributed by atoms with Gasteiger partial charge in [0.15, 0.2) is 0 Å². The van der Waals surface area contributed by atoms with Crippen molar-refractivity contribution >= 4 is 35.3 Å². The summed E-state index contributed by atoms with van der Waals surface area (Å²) in [5, 5.41) is 3.45. The molecule has 1 aromatic rings. The highest BCUT2D eigenvalue weighted by Gasteiger charge is 2.36. The third-order valence-electron chi connectivity index (χ3n) is 2.90. The second kappa shape index (κ2) is 6.33. The fraction of sp³-hybridized carbons (Fsp3) is 0.385. The number of benzene rings is 1. The van der Waals surface area contributed by atoms with Crippen molar-refractivity contribution < 1.29 is 14.3 Å². The van der Waals surface area contributed by atoms with Crippen molar-refractivity contribution in [2.24, 2.45) is 0 Å². The molecule has 0 radical (unpaired) electrons. The zero-order valence-electron chi connectivity index (χ0n) is 10.9. The van der Waals surface area contributed by atoms with E-state index in [1.165, 1.54) is 0 Å². The number of nitrogens with one attached hydrogen (secondary N) is 1. The average Bonchev–Trinajstić information content (AvgIpc) is 2.81. The van der Waals surface area contributed by atoms with Crippen molar-refractivity contribution in [1.82, 2.24) is 10.2 Å². The van der Waals surface area contributed by atoms with E-state index in [4.69, 9.17) is 27.9 Å². The maximum atomic E-state index is 11.8. The van der Waals surface area contributed by atoms with Gasteiger partial charge in [-0.25, -0.2) is 14.5 Å². The van der Waals surface area contributed by atoms with Crippen molar-refractivity contribution in [2.75, 3.05) is 13.1 Å². The Kier molecular flexibility index (Phi) is 4.73. The van der Waals surface area contributed by atoms with Gasteiger partial charge in [-0.3, -0.25) is 0 Å². The van der Waals surface area contributed by atoms with E-state index in [9.17, 15) is 9.59 Å². The van der Waals surface area contributed by atoms with Crippen LogP contribution in [-0.2, 0) is 4.74 Å². The molecule has 3 amide bonds. The molecule has 1 fully saturated rings. The van der Waals surface area contributed by atoms with Crippen LogP contribution in [0, 0.1) is 0 Å². The van der Waals surface area contributed by atoms with Gasteiger partial charge in [-0.05, 0) is 24.1 Å². The van der Waals surface area contributed by atoms with Crippen LogP contribution < -0.4 is 5.32 Å². The summed E-state index contributed by atoms with van der Waals surface area (Å²) in [7, 11) is 0. The molecule has 1 atom stereocenters. The summed E-state index contributed by atoms with van der Waals surface area (Å²) in [6, 6.07) is 4.54. The number of amides is 3. The lowest BCUT2D eigenvalue weighted by atomic mass is 10.1. The topological polar surface area (TPSA) is 58.6 Å². The Balaban J connectivity index is 2.08. The van der Waals surface area contributed by atoms with Crippen LogP contribution in [0.25, 0.3) is 0 Å². The lowest BCUT2D eigenvalue weighted by molar-refractivity contribution is 0.134. The molecule has 0 saturated carbocycles. The normalized spacial score (nSPS) is 18.1. The number of rotatable bonds is 3. The van der Waals surface area contributed by atoms with Crippen LogP contribution in [0.15, 0.2) is 18.2 Å². The minimum Gasteiger partial charge on any atom is -0.439 e. The number of nitrogens with zero attached hydrogens (tertiary/aromatic N) is 1. The van der Waals surface area contributed by atoms with Crippen molar-refractivity contribution in [2.45, 2.75) is 19.4 Å². The van der Waals surface area contributed by atoms with E-state index in [0.717, 1.165) is 11.3 Å². The molecule has 0 aromatic heterocycles. The van der Waals surface area contributed by atoms with E-state index in [1.807, 2.05) is 6.92 Å². The Morgan fingerprint density at radius 2 is 2.20 bits per heavy atom. The molecule has 1 unspecified atom stereocenters. The highest BCUT2D eigenvalue weighted by atomic mass is 35.5. The Morgan fingerprint density at radius 1 is 1.45 bits per heavy atom. The van der Waals surface area contributed by atoms with Crippen molar-refractivity contribution in [1.29, 1.82) is 0 Å². The molecule has 5 nitrogen and oxygen atoms in total. The summed E-state index contributed by atoms with van der Waals surface area (Å²) in [6.07, 6.45) is -0.385. The fourth-order valence-electron chi connectivity index (χ4n) is 1.84. The van der Waals surface area contributed by atoms with Gasteiger partial charge in [0.1, 0.15) is 6.10 Å². The first-order valence-electron chi connectivity index (χ1n) is 6.24. The Bertz CT molecular complexity index is 536. The predicted molar refractivity (Wildman–Crippen MR) is 76.1 cm³/mol. The van der Waals surface area contributed by atoms with Gasteiger partial charge in [-0.1, -0.05) is 36.2 Å². The second-order valence-corrected chi connectivity index (χ2v) is 5.20. The van der Waals surface area contributed by atoms with Gasteiger partial charge in [0.05, 0.1) is 16.6 Å². The minimum absolute atomic E-state index is 0.159. The highest BCUT2D eigenvalue weighted by molar-refractivity contribution is 6.42. The molecule has 20 heavy (non-hydrogen) atoms. The van der Waals surface area contributed by atoms with Crippen molar-refractivity contribution in [3.8, 4) is 0 Å². The van der Waals surface area contributed by atoms with E-state index in [2.05, 4.69) is 5.32 Å². The summed E-state index contributed by atoms with van der Waals surface area (Å²) in [5.41, 5.74) is 0.707. The smallest absolute Gasteiger partial charge is 0.418 e. The maximum absolute atomic E-state index is 11.8. The lowest BCUT2D eigenvalue weighted by Gasteiger charge is -2.12. The van der Waals surface area contributed by atoms with Gasteiger partial charge in [0.2, 0.25) is 0 Å². The molecule has 0 bridgehead atoms. The number of hydrogen-bond acceptors (Lipinski definition) is 3. The summed E-state index contributed by atoms with van der Waals surface area (Å²) >= 11 is 11.8. The van der Waals surface area contributed by atoms with E-state index in [-0.39, 0.29) is 6.54 Å². The Morgan fingerprint density at radius 3 is 2.85 bits per heavy atom. The summed E-state index contributed by atoms with van der Waals surface area (Å²) in [4.78, 5) is 24.5. The number of halogens is 2. The molecule has 7 heteroatoms. The highest BCUT2D eigenvalue weighted by Crippen LogP contribution is 2.30. The number of imide groups is 1. The zero-order chi connectivity index (χ0) is 14.7. The molecule has 2 rings (SSSR count). The number of hydrogen-bond donors (Lipinski definition) is 1. The molecule has 1 N–H and O–H groups in total. The molecule has 108 valence electrons. The van der Waals surface area contributed by atoms with Gasteiger partial charge in [0.25, 0.3) is 0 Å².